The number of carbonyl (C=O) groups excluding carboxylic acids is 1. The van der Waals surface area contributed by atoms with Crippen LogP contribution in [0.2, 0.25) is 5.02 Å². The quantitative estimate of drug-likeness (QED) is 0.476. The van der Waals surface area contributed by atoms with Gasteiger partial charge in [-0.2, -0.15) is 5.10 Å². The summed E-state index contributed by atoms with van der Waals surface area (Å²) in [5.41, 5.74) is 2.13. The number of halogens is 1. The Morgan fingerprint density at radius 3 is 2.62 bits per heavy atom. The summed E-state index contributed by atoms with van der Waals surface area (Å²) >= 11 is 6.15. The van der Waals surface area contributed by atoms with Gasteiger partial charge in [0, 0.05) is 31.2 Å². The molecule has 0 bridgehead atoms. The molecule has 2 aromatic carbocycles. The van der Waals surface area contributed by atoms with Crippen LogP contribution in [0.25, 0.3) is 16.7 Å². The molecule has 3 heterocycles. The monoisotopic (exact) mass is 448 g/mol. The van der Waals surface area contributed by atoms with Crippen molar-refractivity contribution in [2.75, 3.05) is 38.2 Å². The number of rotatable bonds is 4. The second-order valence-electron chi connectivity index (χ2n) is 7.45. The number of nitrogens with zero attached hydrogens (tertiary/aromatic N) is 6. The zero-order valence-corrected chi connectivity index (χ0v) is 18.2. The first-order chi connectivity index (χ1) is 15.7. The molecule has 0 unspecified atom stereocenters. The van der Waals surface area contributed by atoms with Crippen molar-refractivity contribution in [2.45, 2.75) is 0 Å². The van der Waals surface area contributed by atoms with E-state index in [4.69, 9.17) is 16.3 Å². The molecule has 2 aromatic heterocycles. The van der Waals surface area contributed by atoms with Gasteiger partial charge in [-0.05, 0) is 30.3 Å². The van der Waals surface area contributed by atoms with Crippen LogP contribution in [0, 0.1) is 0 Å². The zero-order valence-electron chi connectivity index (χ0n) is 17.5. The van der Waals surface area contributed by atoms with Crippen LogP contribution >= 0.6 is 11.6 Å². The first kappa shape index (κ1) is 20.3. The molecule has 1 saturated heterocycles. The third-order valence-corrected chi connectivity index (χ3v) is 5.84. The summed E-state index contributed by atoms with van der Waals surface area (Å²) < 4.78 is 7.11. The second kappa shape index (κ2) is 8.47. The Bertz CT molecular complexity index is 1280. The number of hydrogen-bond acceptors (Lipinski definition) is 6. The maximum Gasteiger partial charge on any atom is 0.257 e. The van der Waals surface area contributed by atoms with Crippen LogP contribution in [0.1, 0.15) is 10.4 Å². The number of benzene rings is 2. The van der Waals surface area contributed by atoms with Gasteiger partial charge in [0.05, 0.1) is 29.9 Å². The Morgan fingerprint density at radius 2 is 1.84 bits per heavy atom. The highest BCUT2D eigenvalue weighted by Gasteiger charge is 2.26. The van der Waals surface area contributed by atoms with Gasteiger partial charge in [0.15, 0.2) is 5.65 Å². The average molecular weight is 449 g/mol. The van der Waals surface area contributed by atoms with Crippen LogP contribution in [0.3, 0.4) is 0 Å². The molecule has 0 radical (unpaired) electrons. The SMILES string of the molecule is COc1ccccc1C(=O)N1CCN(c2ncnc3c2cnn3-c2cccc(Cl)c2)CC1. The van der Waals surface area contributed by atoms with Crippen LogP contribution in [0.5, 0.6) is 5.75 Å². The average Bonchev–Trinajstić information content (AvgIpc) is 3.28. The summed E-state index contributed by atoms with van der Waals surface area (Å²) in [5, 5.41) is 6.01. The molecule has 1 amide bonds. The van der Waals surface area contributed by atoms with Crippen LogP contribution in [-0.2, 0) is 0 Å². The van der Waals surface area contributed by atoms with Gasteiger partial charge in [0.1, 0.15) is 17.9 Å². The fraction of sp³-hybridized carbons (Fsp3) is 0.217. The molecule has 32 heavy (non-hydrogen) atoms. The molecule has 0 spiro atoms. The van der Waals surface area contributed by atoms with Crippen LogP contribution in [-0.4, -0.2) is 63.8 Å². The summed E-state index contributed by atoms with van der Waals surface area (Å²) in [6, 6.07) is 14.8. The highest BCUT2D eigenvalue weighted by Crippen LogP contribution is 2.27. The fourth-order valence-electron chi connectivity index (χ4n) is 3.99. The summed E-state index contributed by atoms with van der Waals surface area (Å²) in [7, 11) is 1.58. The van der Waals surface area contributed by atoms with E-state index in [1.54, 1.807) is 36.4 Å². The van der Waals surface area contributed by atoms with Crippen molar-refractivity contribution in [3.63, 3.8) is 0 Å². The topological polar surface area (TPSA) is 76.4 Å². The lowest BCUT2D eigenvalue weighted by atomic mass is 10.1. The molecule has 162 valence electrons. The predicted octanol–water partition coefficient (Wildman–Crippen LogP) is 3.44. The van der Waals surface area contributed by atoms with E-state index in [0.717, 1.165) is 16.9 Å². The lowest BCUT2D eigenvalue weighted by molar-refractivity contribution is 0.0743. The molecule has 5 rings (SSSR count). The first-order valence-electron chi connectivity index (χ1n) is 10.3. The molecule has 8 nitrogen and oxygen atoms in total. The smallest absolute Gasteiger partial charge is 0.257 e. The molecule has 1 aliphatic heterocycles. The van der Waals surface area contributed by atoms with Gasteiger partial charge in [0.25, 0.3) is 5.91 Å². The van der Waals surface area contributed by atoms with Crippen LogP contribution < -0.4 is 9.64 Å². The van der Waals surface area contributed by atoms with Crippen molar-refractivity contribution < 1.29 is 9.53 Å². The highest BCUT2D eigenvalue weighted by molar-refractivity contribution is 6.30. The molecule has 0 saturated carbocycles. The largest absolute Gasteiger partial charge is 0.496 e. The Balaban J connectivity index is 1.37. The number of methoxy groups -OCH3 is 1. The number of carbonyl (C=O) groups is 1. The molecule has 0 atom stereocenters. The molecular formula is C23H21ClN6O2. The number of aromatic nitrogens is 4. The summed E-state index contributed by atoms with van der Waals surface area (Å²) in [5.74, 6) is 1.38. The van der Waals surface area contributed by atoms with Gasteiger partial charge in [0.2, 0.25) is 0 Å². The van der Waals surface area contributed by atoms with Crippen molar-refractivity contribution >= 4 is 34.4 Å². The number of para-hydroxylation sites is 1. The van der Waals surface area contributed by atoms with Gasteiger partial charge in [-0.25, -0.2) is 14.6 Å². The summed E-state index contributed by atoms with van der Waals surface area (Å²) in [6.07, 6.45) is 3.32. The number of ether oxygens (including phenoxy) is 1. The van der Waals surface area contributed by atoms with Gasteiger partial charge < -0.3 is 14.5 Å². The predicted molar refractivity (Wildman–Crippen MR) is 123 cm³/mol. The summed E-state index contributed by atoms with van der Waals surface area (Å²) in [6.45, 7) is 2.50. The number of fused-ring (bicyclic) bond motifs is 1. The van der Waals surface area contributed by atoms with Crippen molar-refractivity contribution in [1.82, 2.24) is 24.6 Å². The first-order valence-corrected chi connectivity index (χ1v) is 10.7. The van der Waals surface area contributed by atoms with Crippen molar-refractivity contribution in [1.29, 1.82) is 0 Å². The lowest BCUT2D eigenvalue weighted by Crippen LogP contribution is -2.49. The minimum absolute atomic E-state index is 0.0243. The Morgan fingerprint density at radius 1 is 1.03 bits per heavy atom. The van der Waals surface area contributed by atoms with Gasteiger partial charge in [-0.15, -0.1) is 0 Å². The van der Waals surface area contributed by atoms with Crippen molar-refractivity contribution in [3.8, 4) is 11.4 Å². The van der Waals surface area contributed by atoms with Gasteiger partial charge in [-0.3, -0.25) is 4.79 Å². The Labute approximate surface area is 190 Å². The van der Waals surface area contributed by atoms with Crippen molar-refractivity contribution in [2.24, 2.45) is 0 Å². The molecule has 9 heteroatoms. The minimum Gasteiger partial charge on any atom is -0.496 e. The van der Waals surface area contributed by atoms with E-state index < -0.39 is 0 Å². The zero-order chi connectivity index (χ0) is 22.1. The van der Waals surface area contributed by atoms with Crippen LogP contribution in [0.15, 0.2) is 61.1 Å². The number of amides is 1. The molecule has 0 aliphatic carbocycles. The van der Waals surface area contributed by atoms with E-state index in [1.807, 2.05) is 41.3 Å². The highest BCUT2D eigenvalue weighted by atomic mass is 35.5. The lowest BCUT2D eigenvalue weighted by Gasteiger charge is -2.35. The molecule has 4 aromatic rings. The minimum atomic E-state index is -0.0243. The third kappa shape index (κ3) is 3.62. The Hall–Kier alpha value is -3.65. The number of anilines is 1. The Kier molecular flexibility index (Phi) is 5.36. The molecular weight excluding hydrogens is 428 g/mol. The normalized spacial score (nSPS) is 14.1. The fourth-order valence-corrected chi connectivity index (χ4v) is 4.18. The maximum atomic E-state index is 13.0. The number of hydrogen-bond donors (Lipinski definition) is 0. The van der Waals surface area contributed by atoms with Crippen LogP contribution in [0.4, 0.5) is 5.82 Å². The summed E-state index contributed by atoms with van der Waals surface area (Å²) in [4.78, 5) is 26.0. The van der Waals surface area contributed by atoms with E-state index in [0.29, 0.717) is 48.2 Å². The van der Waals surface area contributed by atoms with E-state index >= 15 is 0 Å². The second-order valence-corrected chi connectivity index (χ2v) is 7.89. The number of piperazine rings is 1. The third-order valence-electron chi connectivity index (χ3n) is 5.60. The standard InChI is InChI=1S/C23H21ClN6O2/c1-32-20-8-3-2-7-18(20)23(31)29-11-9-28(10-12-29)21-19-14-27-30(22(19)26-15-25-21)17-6-4-5-16(24)13-17/h2-8,13-15H,9-12H2,1H3. The van der Waals surface area contributed by atoms with Gasteiger partial charge >= 0.3 is 0 Å². The molecule has 1 fully saturated rings. The van der Waals surface area contributed by atoms with E-state index in [9.17, 15) is 4.79 Å². The van der Waals surface area contributed by atoms with Crippen molar-refractivity contribution in [3.05, 3.63) is 71.6 Å². The maximum absolute atomic E-state index is 13.0. The van der Waals surface area contributed by atoms with E-state index in [1.165, 1.54) is 0 Å². The molecule has 0 N–H and O–H groups in total. The van der Waals surface area contributed by atoms with E-state index in [-0.39, 0.29) is 5.91 Å². The molecule has 1 aliphatic rings. The van der Waals surface area contributed by atoms with Gasteiger partial charge in [-0.1, -0.05) is 29.8 Å². The van der Waals surface area contributed by atoms with E-state index in [2.05, 4.69) is 20.0 Å².